The number of carbonyl (C=O) groups excluding carboxylic acids is 1. The van der Waals surface area contributed by atoms with Crippen LogP contribution in [0.4, 0.5) is 5.95 Å². The summed E-state index contributed by atoms with van der Waals surface area (Å²) in [5.41, 5.74) is 1.25. The van der Waals surface area contributed by atoms with E-state index in [4.69, 9.17) is 9.15 Å². The van der Waals surface area contributed by atoms with Crippen molar-refractivity contribution in [3.8, 4) is 0 Å². The van der Waals surface area contributed by atoms with Gasteiger partial charge in [-0.25, -0.2) is 4.98 Å². The van der Waals surface area contributed by atoms with Gasteiger partial charge in [0, 0.05) is 38.9 Å². The highest BCUT2D eigenvalue weighted by atomic mass is 16.5. The Balaban J connectivity index is 1.73. The van der Waals surface area contributed by atoms with Crippen molar-refractivity contribution in [2.75, 3.05) is 38.2 Å². The molecule has 0 bridgehead atoms. The van der Waals surface area contributed by atoms with Gasteiger partial charge in [0.25, 0.3) is 11.5 Å². The lowest BCUT2D eigenvalue weighted by Gasteiger charge is -2.34. The van der Waals surface area contributed by atoms with Gasteiger partial charge in [-0.1, -0.05) is 13.3 Å². The van der Waals surface area contributed by atoms with Gasteiger partial charge in [-0.2, -0.15) is 0 Å². The van der Waals surface area contributed by atoms with Crippen molar-refractivity contribution < 1.29 is 13.9 Å². The van der Waals surface area contributed by atoms with Gasteiger partial charge >= 0.3 is 0 Å². The number of H-pyrrole nitrogens is 1. The summed E-state index contributed by atoms with van der Waals surface area (Å²) in [7, 11) is 1.59. The van der Waals surface area contributed by atoms with Crippen LogP contribution in [0.2, 0.25) is 0 Å². The molecule has 1 aliphatic rings. The number of nitrogens with one attached hydrogen (secondary N) is 1. The Morgan fingerprint density at radius 2 is 2.12 bits per heavy atom. The quantitative estimate of drug-likeness (QED) is 0.838. The molecule has 8 nitrogen and oxygen atoms in total. The summed E-state index contributed by atoms with van der Waals surface area (Å²) in [5, 5.41) is 0. The first-order valence-corrected chi connectivity index (χ1v) is 8.82. The van der Waals surface area contributed by atoms with Gasteiger partial charge in [0.05, 0.1) is 18.6 Å². The summed E-state index contributed by atoms with van der Waals surface area (Å²) in [6.45, 7) is 4.60. The zero-order valence-electron chi connectivity index (χ0n) is 15.2. The lowest BCUT2D eigenvalue weighted by Crippen LogP contribution is -2.49. The van der Waals surface area contributed by atoms with Crippen LogP contribution in [0, 0.1) is 0 Å². The Kier molecular flexibility index (Phi) is 5.72. The van der Waals surface area contributed by atoms with E-state index in [1.165, 1.54) is 6.26 Å². The maximum absolute atomic E-state index is 12.4. The van der Waals surface area contributed by atoms with Crippen LogP contribution in [0.1, 0.15) is 35.2 Å². The second-order valence-electron chi connectivity index (χ2n) is 6.25. The van der Waals surface area contributed by atoms with Gasteiger partial charge < -0.3 is 19.0 Å². The minimum atomic E-state index is -0.116. The molecule has 3 rings (SSSR count). The van der Waals surface area contributed by atoms with Gasteiger partial charge in [0.1, 0.15) is 0 Å². The molecule has 140 valence electrons. The average Bonchev–Trinajstić information content (AvgIpc) is 3.19. The van der Waals surface area contributed by atoms with E-state index in [-0.39, 0.29) is 11.5 Å². The van der Waals surface area contributed by atoms with Crippen LogP contribution in [-0.2, 0) is 17.8 Å². The molecular weight excluding hydrogens is 336 g/mol. The molecule has 1 amide bonds. The monoisotopic (exact) mass is 360 g/mol. The zero-order valence-corrected chi connectivity index (χ0v) is 15.2. The van der Waals surface area contributed by atoms with Crippen LogP contribution in [0.3, 0.4) is 0 Å². The van der Waals surface area contributed by atoms with Crippen LogP contribution in [0.25, 0.3) is 0 Å². The molecule has 26 heavy (non-hydrogen) atoms. The normalized spacial score (nSPS) is 14.7. The number of aromatic amines is 1. The average molecular weight is 360 g/mol. The lowest BCUT2D eigenvalue weighted by atomic mass is 10.1. The van der Waals surface area contributed by atoms with Crippen LogP contribution < -0.4 is 10.5 Å². The molecule has 1 saturated heterocycles. The van der Waals surface area contributed by atoms with E-state index in [9.17, 15) is 9.59 Å². The summed E-state index contributed by atoms with van der Waals surface area (Å²) in [6.07, 6.45) is 3.04. The summed E-state index contributed by atoms with van der Waals surface area (Å²) in [5.74, 6) is 0.762. The number of piperazine rings is 1. The Bertz CT molecular complexity index is 792. The second kappa shape index (κ2) is 8.18. The molecule has 1 fully saturated rings. The third-order valence-corrected chi connectivity index (χ3v) is 4.47. The Morgan fingerprint density at radius 1 is 1.35 bits per heavy atom. The van der Waals surface area contributed by atoms with Crippen molar-refractivity contribution in [1.82, 2.24) is 14.9 Å². The highest BCUT2D eigenvalue weighted by Gasteiger charge is 2.25. The molecule has 0 aromatic carbocycles. The van der Waals surface area contributed by atoms with Crippen molar-refractivity contribution in [1.29, 1.82) is 0 Å². The minimum Gasteiger partial charge on any atom is -0.459 e. The number of anilines is 1. The zero-order chi connectivity index (χ0) is 18.5. The number of furan rings is 1. The van der Waals surface area contributed by atoms with Gasteiger partial charge in [0.15, 0.2) is 5.76 Å². The molecule has 1 N–H and O–H groups in total. The van der Waals surface area contributed by atoms with Crippen LogP contribution >= 0.6 is 0 Å². The summed E-state index contributed by atoms with van der Waals surface area (Å²) in [4.78, 5) is 36.0. The Morgan fingerprint density at radius 3 is 2.73 bits per heavy atom. The van der Waals surface area contributed by atoms with Crippen molar-refractivity contribution >= 4 is 11.9 Å². The third kappa shape index (κ3) is 3.80. The number of carbonyl (C=O) groups is 1. The smallest absolute Gasteiger partial charge is 0.289 e. The van der Waals surface area contributed by atoms with Gasteiger partial charge in [-0.3, -0.25) is 14.6 Å². The number of amides is 1. The first kappa shape index (κ1) is 18.2. The van der Waals surface area contributed by atoms with Crippen molar-refractivity contribution in [2.45, 2.75) is 26.4 Å². The SMILES string of the molecule is CCCc1c(COC)nc(N2CCN(C(=O)c3ccco3)CC2)[nH]c1=O. The Hall–Kier alpha value is -2.61. The molecule has 3 heterocycles. The van der Waals surface area contributed by atoms with E-state index in [0.717, 1.165) is 6.42 Å². The van der Waals surface area contributed by atoms with E-state index >= 15 is 0 Å². The Labute approximate surface area is 151 Å². The van der Waals surface area contributed by atoms with E-state index in [0.29, 0.717) is 62.2 Å². The number of methoxy groups -OCH3 is 1. The first-order chi connectivity index (χ1) is 12.6. The second-order valence-corrected chi connectivity index (χ2v) is 6.25. The lowest BCUT2D eigenvalue weighted by molar-refractivity contribution is 0.0714. The fraction of sp³-hybridized carbons (Fsp3) is 0.500. The van der Waals surface area contributed by atoms with Gasteiger partial charge in [0.2, 0.25) is 5.95 Å². The molecule has 0 saturated carbocycles. The molecule has 0 spiro atoms. The molecular formula is C18H24N4O4. The molecule has 0 aliphatic carbocycles. The number of aromatic nitrogens is 2. The summed E-state index contributed by atoms with van der Waals surface area (Å²) < 4.78 is 10.4. The van der Waals surface area contributed by atoms with Gasteiger partial charge in [-0.15, -0.1) is 0 Å². The van der Waals surface area contributed by atoms with E-state index < -0.39 is 0 Å². The molecule has 2 aromatic heterocycles. The van der Waals surface area contributed by atoms with Crippen molar-refractivity contribution in [3.63, 3.8) is 0 Å². The molecule has 8 heteroatoms. The predicted octanol–water partition coefficient (Wildman–Crippen LogP) is 1.42. The molecule has 2 aromatic rings. The topological polar surface area (TPSA) is 91.7 Å². The predicted molar refractivity (Wildman–Crippen MR) is 96.4 cm³/mol. The maximum Gasteiger partial charge on any atom is 0.289 e. The van der Waals surface area contributed by atoms with Crippen LogP contribution in [0.15, 0.2) is 27.6 Å². The molecule has 1 aliphatic heterocycles. The van der Waals surface area contributed by atoms with E-state index in [1.54, 1.807) is 24.1 Å². The largest absolute Gasteiger partial charge is 0.459 e. The van der Waals surface area contributed by atoms with Crippen LogP contribution in [0.5, 0.6) is 0 Å². The first-order valence-electron chi connectivity index (χ1n) is 8.82. The summed E-state index contributed by atoms with van der Waals surface area (Å²) >= 11 is 0. The number of rotatable bonds is 6. The molecule has 0 radical (unpaired) electrons. The number of ether oxygens (including phenoxy) is 1. The number of hydrogen-bond donors (Lipinski definition) is 1. The van der Waals surface area contributed by atoms with Crippen molar-refractivity contribution in [2.24, 2.45) is 0 Å². The minimum absolute atomic E-state index is 0.113. The van der Waals surface area contributed by atoms with Crippen LogP contribution in [-0.4, -0.2) is 54.1 Å². The fourth-order valence-electron chi connectivity index (χ4n) is 3.12. The molecule has 0 atom stereocenters. The summed E-state index contributed by atoms with van der Waals surface area (Å²) in [6, 6.07) is 3.37. The van der Waals surface area contributed by atoms with Crippen molar-refractivity contribution in [3.05, 3.63) is 45.8 Å². The van der Waals surface area contributed by atoms with E-state index in [2.05, 4.69) is 9.97 Å². The van der Waals surface area contributed by atoms with Gasteiger partial charge in [-0.05, 0) is 18.6 Å². The highest BCUT2D eigenvalue weighted by molar-refractivity contribution is 5.91. The highest BCUT2D eigenvalue weighted by Crippen LogP contribution is 2.15. The number of nitrogens with zero attached hydrogens (tertiary/aromatic N) is 3. The third-order valence-electron chi connectivity index (χ3n) is 4.47. The number of hydrogen-bond acceptors (Lipinski definition) is 6. The van der Waals surface area contributed by atoms with E-state index in [1.807, 2.05) is 11.8 Å². The standard InChI is InChI=1S/C18H24N4O4/c1-3-5-13-14(12-25-2)19-18(20-16(13)23)22-9-7-21(8-10-22)17(24)15-6-4-11-26-15/h4,6,11H,3,5,7-10,12H2,1-2H3,(H,19,20,23). The fourth-order valence-corrected chi connectivity index (χ4v) is 3.12. The molecule has 0 unspecified atom stereocenters. The maximum atomic E-state index is 12.4.